The molecule has 0 bridgehead atoms. The Hall–Kier alpha value is -3.49. The number of halogens is 2. The molecular weight excluding hydrogens is 501 g/mol. The number of carbonyl (C=O) groups excluding carboxylic acids is 1. The summed E-state index contributed by atoms with van der Waals surface area (Å²) in [6.45, 7) is 3.45. The van der Waals surface area contributed by atoms with Crippen LogP contribution >= 0.6 is 23.2 Å². The van der Waals surface area contributed by atoms with Crippen LogP contribution in [-0.2, 0) is 0 Å². The number of aromatic nitrogens is 3. The number of fused-ring (bicyclic) bond motifs is 1. The number of rotatable bonds is 5. The molecule has 1 fully saturated rings. The Morgan fingerprint density at radius 2 is 1.89 bits per heavy atom. The van der Waals surface area contributed by atoms with E-state index < -0.39 is 0 Å². The number of anilines is 1. The van der Waals surface area contributed by atoms with Gasteiger partial charge in [-0.2, -0.15) is 0 Å². The van der Waals surface area contributed by atoms with Gasteiger partial charge in [0.25, 0.3) is 0 Å². The Bertz CT molecular complexity index is 1470. The van der Waals surface area contributed by atoms with E-state index >= 15 is 0 Å². The molecule has 3 heterocycles. The topological polar surface area (TPSA) is 92.2 Å². The van der Waals surface area contributed by atoms with Crippen LogP contribution in [0.3, 0.4) is 0 Å². The average Bonchev–Trinajstić information content (AvgIpc) is 3.23. The summed E-state index contributed by atoms with van der Waals surface area (Å²) in [7, 11) is 0. The predicted octanol–water partition coefficient (Wildman–Crippen LogP) is 5.97. The molecule has 0 atom stereocenters. The van der Waals surface area contributed by atoms with E-state index in [9.17, 15) is 9.59 Å². The van der Waals surface area contributed by atoms with Crippen LogP contribution in [0, 0.1) is 0 Å². The summed E-state index contributed by atoms with van der Waals surface area (Å²) >= 11 is 12.0. The van der Waals surface area contributed by atoms with Crippen LogP contribution in [-0.4, -0.2) is 45.2 Å². The second-order valence-corrected chi connectivity index (χ2v) is 9.38. The van der Waals surface area contributed by atoms with Gasteiger partial charge in [-0.05, 0) is 56.2 Å². The molecule has 1 aliphatic rings. The van der Waals surface area contributed by atoms with Crippen molar-refractivity contribution in [1.29, 1.82) is 0 Å². The van der Waals surface area contributed by atoms with Gasteiger partial charge in [0.2, 0.25) is 5.88 Å². The molecular formula is C26H25Cl2N5O3. The maximum atomic E-state index is 13.1. The normalized spacial score (nSPS) is 14.2. The van der Waals surface area contributed by atoms with Gasteiger partial charge in [0.05, 0.1) is 27.7 Å². The van der Waals surface area contributed by atoms with Gasteiger partial charge in [-0.3, -0.25) is 4.57 Å². The van der Waals surface area contributed by atoms with Gasteiger partial charge >= 0.3 is 11.7 Å². The summed E-state index contributed by atoms with van der Waals surface area (Å²) in [5, 5.41) is 3.67. The van der Waals surface area contributed by atoms with Crippen molar-refractivity contribution in [3.05, 3.63) is 75.3 Å². The number of aromatic amines is 1. The summed E-state index contributed by atoms with van der Waals surface area (Å²) in [6.07, 6.45) is 3.00. The van der Waals surface area contributed by atoms with Crippen molar-refractivity contribution in [2.45, 2.75) is 25.8 Å². The fraction of sp³-hybridized carbons (Fsp3) is 0.269. The van der Waals surface area contributed by atoms with Gasteiger partial charge in [-0.25, -0.2) is 14.6 Å². The highest BCUT2D eigenvalue weighted by atomic mass is 35.5. The van der Waals surface area contributed by atoms with E-state index in [-0.39, 0.29) is 17.8 Å². The van der Waals surface area contributed by atoms with E-state index in [0.29, 0.717) is 54.2 Å². The van der Waals surface area contributed by atoms with Gasteiger partial charge in [0, 0.05) is 42.1 Å². The first-order valence-electron chi connectivity index (χ1n) is 11.8. The first-order valence-corrected chi connectivity index (χ1v) is 12.5. The minimum Gasteiger partial charge on any atom is -0.478 e. The standard InChI is InChI=1S/C26H25Cl2N5O3/c1-2-36-24-19(6-4-12-29-24)18-5-3-7-22-23(18)31-26(35)33(22)17-10-13-32(14-11-17)25(34)30-16-8-9-20(27)21(28)15-16/h3-9,12,15,17H,2,10-11,13-14H2,1H3,(H,30,34)(H,31,35). The van der Waals surface area contributed by atoms with Crippen LogP contribution in [0.15, 0.2) is 59.5 Å². The fourth-order valence-electron chi connectivity index (χ4n) is 4.69. The van der Waals surface area contributed by atoms with E-state index in [4.69, 9.17) is 27.9 Å². The number of pyridine rings is 1. The third kappa shape index (κ3) is 4.66. The van der Waals surface area contributed by atoms with Gasteiger partial charge in [0.1, 0.15) is 0 Å². The number of amides is 2. The van der Waals surface area contributed by atoms with Crippen molar-refractivity contribution in [1.82, 2.24) is 19.4 Å². The molecule has 0 unspecified atom stereocenters. The number of carbonyl (C=O) groups is 1. The van der Waals surface area contributed by atoms with Crippen LogP contribution < -0.4 is 15.7 Å². The van der Waals surface area contributed by atoms with Gasteiger partial charge in [0.15, 0.2) is 0 Å². The zero-order valence-corrected chi connectivity index (χ0v) is 21.1. The lowest BCUT2D eigenvalue weighted by atomic mass is 10.0. The third-order valence-electron chi connectivity index (χ3n) is 6.38. The highest BCUT2D eigenvalue weighted by Gasteiger charge is 2.27. The number of ether oxygens (including phenoxy) is 1. The summed E-state index contributed by atoms with van der Waals surface area (Å²) in [5.74, 6) is 0.530. The summed E-state index contributed by atoms with van der Waals surface area (Å²) < 4.78 is 7.52. The molecule has 5 rings (SSSR count). The molecule has 8 nitrogen and oxygen atoms in total. The summed E-state index contributed by atoms with van der Waals surface area (Å²) in [5.41, 5.74) is 3.67. The average molecular weight is 526 g/mol. The van der Waals surface area contributed by atoms with Crippen LogP contribution in [0.5, 0.6) is 5.88 Å². The lowest BCUT2D eigenvalue weighted by Crippen LogP contribution is -2.42. The van der Waals surface area contributed by atoms with Crippen molar-refractivity contribution in [3.63, 3.8) is 0 Å². The number of hydrogen-bond donors (Lipinski definition) is 2. The SMILES string of the molecule is CCOc1ncccc1-c1cccc2c1[nH]c(=O)n2C1CCN(C(=O)Nc2ccc(Cl)c(Cl)c2)CC1. The first-order chi connectivity index (χ1) is 17.5. The van der Waals surface area contributed by atoms with E-state index in [1.807, 2.05) is 41.8 Å². The molecule has 2 amide bonds. The number of nitrogens with zero attached hydrogens (tertiary/aromatic N) is 3. The van der Waals surface area contributed by atoms with E-state index in [0.717, 1.165) is 22.2 Å². The number of likely N-dealkylation sites (tertiary alicyclic amines) is 1. The monoisotopic (exact) mass is 525 g/mol. The molecule has 186 valence electrons. The summed E-state index contributed by atoms with van der Waals surface area (Å²) in [6, 6.07) is 14.4. The van der Waals surface area contributed by atoms with Crippen LogP contribution in [0.1, 0.15) is 25.8 Å². The second kappa shape index (κ2) is 10.2. The molecule has 0 radical (unpaired) electrons. The van der Waals surface area contributed by atoms with E-state index in [1.54, 1.807) is 29.3 Å². The molecule has 36 heavy (non-hydrogen) atoms. The Morgan fingerprint density at radius 1 is 1.11 bits per heavy atom. The molecule has 2 aromatic heterocycles. The molecule has 0 aliphatic carbocycles. The molecule has 1 aliphatic heterocycles. The van der Waals surface area contributed by atoms with Crippen molar-refractivity contribution in [2.75, 3.05) is 25.0 Å². The maximum Gasteiger partial charge on any atom is 0.326 e. The number of imidazole rings is 1. The van der Waals surface area contributed by atoms with Gasteiger partial charge < -0.3 is 19.9 Å². The minimum atomic E-state index is -0.208. The number of hydrogen-bond acceptors (Lipinski definition) is 4. The second-order valence-electron chi connectivity index (χ2n) is 8.57. The highest BCUT2D eigenvalue weighted by Crippen LogP contribution is 2.34. The maximum absolute atomic E-state index is 13.1. The number of piperidine rings is 1. The zero-order chi connectivity index (χ0) is 25.2. The molecule has 0 spiro atoms. The lowest BCUT2D eigenvalue weighted by molar-refractivity contribution is 0.184. The molecule has 1 saturated heterocycles. The van der Waals surface area contributed by atoms with E-state index in [2.05, 4.69) is 15.3 Å². The van der Waals surface area contributed by atoms with Gasteiger partial charge in [-0.15, -0.1) is 0 Å². The Morgan fingerprint density at radius 3 is 2.64 bits per heavy atom. The van der Waals surface area contributed by atoms with Crippen LogP contribution in [0.25, 0.3) is 22.2 Å². The molecule has 2 aromatic carbocycles. The minimum absolute atomic E-state index is 0.0317. The molecule has 4 aromatic rings. The predicted molar refractivity (Wildman–Crippen MR) is 142 cm³/mol. The lowest BCUT2D eigenvalue weighted by Gasteiger charge is -2.32. The van der Waals surface area contributed by atoms with Gasteiger partial charge in [-0.1, -0.05) is 35.3 Å². The number of para-hydroxylation sites is 1. The number of nitrogens with one attached hydrogen (secondary N) is 2. The number of benzene rings is 2. The van der Waals surface area contributed by atoms with Crippen molar-refractivity contribution in [3.8, 4) is 17.0 Å². The van der Waals surface area contributed by atoms with Crippen molar-refractivity contribution < 1.29 is 9.53 Å². The Labute approximate surface area is 217 Å². The Kier molecular flexibility index (Phi) is 6.89. The third-order valence-corrected chi connectivity index (χ3v) is 7.12. The first kappa shape index (κ1) is 24.2. The fourth-order valence-corrected chi connectivity index (χ4v) is 4.98. The van der Waals surface area contributed by atoms with E-state index in [1.165, 1.54) is 0 Å². The van der Waals surface area contributed by atoms with Crippen LogP contribution in [0.4, 0.5) is 10.5 Å². The Balaban J connectivity index is 1.36. The molecule has 2 N–H and O–H groups in total. The summed E-state index contributed by atoms with van der Waals surface area (Å²) in [4.78, 5) is 35.0. The zero-order valence-electron chi connectivity index (χ0n) is 19.6. The van der Waals surface area contributed by atoms with Crippen molar-refractivity contribution >= 4 is 46.0 Å². The number of urea groups is 1. The van der Waals surface area contributed by atoms with Crippen molar-refractivity contribution in [2.24, 2.45) is 0 Å². The van der Waals surface area contributed by atoms with Crippen LogP contribution in [0.2, 0.25) is 10.0 Å². The molecule has 0 saturated carbocycles. The smallest absolute Gasteiger partial charge is 0.326 e. The quantitative estimate of drug-likeness (QED) is 0.335. The highest BCUT2D eigenvalue weighted by molar-refractivity contribution is 6.42. The number of H-pyrrole nitrogens is 1. The molecule has 10 heteroatoms. The largest absolute Gasteiger partial charge is 0.478 e.